The highest BCUT2D eigenvalue weighted by atomic mass is 32.2. The average molecular weight is 214 g/mol. The van der Waals surface area contributed by atoms with Crippen LogP contribution in [0.3, 0.4) is 0 Å². The van der Waals surface area contributed by atoms with Gasteiger partial charge in [-0.3, -0.25) is 9.48 Å². The fourth-order valence-electron chi connectivity index (χ4n) is 1.06. The molecule has 1 aromatic heterocycles. The zero-order valence-electron chi connectivity index (χ0n) is 8.61. The highest BCUT2D eigenvalue weighted by Gasteiger charge is 2.06. The average Bonchev–Trinajstić information content (AvgIpc) is 2.42. The fraction of sp³-hybridized carbons (Fsp3) is 0.556. The zero-order chi connectivity index (χ0) is 10.6. The molecule has 0 N–H and O–H groups in total. The molecule has 1 heterocycles. The SMILES string of the molecule is CCOC(=O)CSc1cc(C)nn1C. The number of aromatic nitrogens is 2. The van der Waals surface area contributed by atoms with Crippen LogP contribution < -0.4 is 0 Å². The summed E-state index contributed by atoms with van der Waals surface area (Å²) in [6.45, 7) is 4.16. The topological polar surface area (TPSA) is 44.1 Å². The summed E-state index contributed by atoms with van der Waals surface area (Å²) in [5.74, 6) is 0.156. The predicted octanol–water partition coefficient (Wildman–Crippen LogP) is 1.38. The number of hydrogen-bond acceptors (Lipinski definition) is 4. The number of carbonyl (C=O) groups is 1. The van der Waals surface area contributed by atoms with Crippen molar-refractivity contribution in [2.45, 2.75) is 18.9 Å². The maximum Gasteiger partial charge on any atom is 0.316 e. The molecule has 0 amide bonds. The Kier molecular flexibility index (Phi) is 4.00. The Hall–Kier alpha value is -0.970. The van der Waals surface area contributed by atoms with Crippen molar-refractivity contribution in [2.24, 2.45) is 7.05 Å². The maximum atomic E-state index is 11.1. The highest BCUT2D eigenvalue weighted by Crippen LogP contribution is 2.17. The van der Waals surface area contributed by atoms with E-state index in [1.807, 2.05) is 20.0 Å². The molecule has 0 bridgehead atoms. The first-order chi connectivity index (χ1) is 6.63. The van der Waals surface area contributed by atoms with Crippen LogP contribution in [-0.2, 0) is 16.6 Å². The highest BCUT2D eigenvalue weighted by molar-refractivity contribution is 7.99. The molecule has 4 nitrogen and oxygen atoms in total. The van der Waals surface area contributed by atoms with E-state index in [9.17, 15) is 4.79 Å². The minimum Gasteiger partial charge on any atom is -0.465 e. The molecular formula is C9H14N2O2S. The molecule has 0 aromatic carbocycles. The van der Waals surface area contributed by atoms with E-state index in [1.165, 1.54) is 11.8 Å². The third-order valence-corrected chi connectivity index (χ3v) is 2.66. The molecule has 14 heavy (non-hydrogen) atoms. The van der Waals surface area contributed by atoms with Gasteiger partial charge < -0.3 is 4.74 Å². The number of carbonyl (C=O) groups excluding carboxylic acids is 1. The Morgan fingerprint density at radius 1 is 1.71 bits per heavy atom. The second-order valence-electron chi connectivity index (χ2n) is 2.84. The van der Waals surface area contributed by atoms with E-state index in [4.69, 9.17) is 4.74 Å². The molecule has 0 unspecified atom stereocenters. The summed E-state index contributed by atoms with van der Waals surface area (Å²) in [6.07, 6.45) is 0. The largest absolute Gasteiger partial charge is 0.465 e. The van der Waals surface area contributed by atoms with Crippen LogP contribution in [0.15, 0.2) is 11.1 Å². The van der Waals surface area contributed by atoms with Crippen LogP contribution in [0.25, 0.3) is 0 Å². The minimum absolute atomic E-state index is 0.184. The van der Waals surface area contributed by atoms with E-state index in [0.717, 1.165) is 10.7 Å². The summed E-state index contributed by atoms with van der Waals surface area (Å²) in [6, 6.07) is 1.95. The van der Waals surface area contributed by atoms with Gasteiger partial charge in [0.15, 0.2) is 0 Å². The quantitative estimate of drug-likeness (QED) is 0.561. The summed E-state index contributed by atoms with van der Waals surface area (Å²) in [5.41, 5.74) is 0.957. The first-order valence-electron chi connectivity index (χ1n) is 4.42. The standard InChI is InChI=1S/C9H14N2O2S/c1-4-13-9(12)6-14-8-5-7(2)10-11(8)3/h5H,4,6H2,1-3H3. The number of thioether (sulfide) groups is 1. The number of ether oxygens (including phenoxy) is 1. The first-order valence-corrected chi connectivity index (χ1v) is 5.41. The van der Waals surface area contributed by atoms with Crippen molar-refractivity contribution in [3.8, 4) is 0 Å². The molecule has 1 rings (SSSR count). The van der Waals surface area contributed by atoms with Crippen LogP contribution in [0.2, 0.25) is 0 Å². The molecule has 0 fully saturated rings. The van der Waals surface area contributed by atoms with Crippen LogP contribution in [0.1, 0.15) is 12.6 Å². The number of esters is 1. The van der Waals surface area contributed by atoms with Gasteiger partial charge in [-0.05, 0) is 19.9 Å². The Morgan fingerprint density at radius 3 is 2.93 bits per heavy atom. The third-order valence-electron chi connectivity index (χ3n) is 1.60. The summed E-state index contributed by atoms with van der Waals surface area (Å²) >= 11 is 1.44. The van der Waals surface area contributed by atoms with Crippen LogP contribution >= 0.6 is 11.8 Å². The van der Waals surface area contributed by atoms with E-state index in [1.54, 1.807) is 11.6 Å². The van der Waals surface area contributed by atoms with Gasteiger partial charge in [0.2, 0.25) is 0 Å². The van der Waals surface area contributed by atoms with Gasteiger partial charge in [0.05, 0.1) is 23.1 Å². The van der Waals surface area contributed by atoms with Gasteiger partial charge in [0.25, 0.3) is 0 Å². The Morgan fingerprint density at radius 2 is 2.43 bits per heavy atom. The van der Waals surface area contributed by atoms with E-state index in [-0.39, 0.29) is 5.97 Å². The normalized spacial score (nSPS) is 10.2. The number of rotatable bonds is 4. The van der Waals surface area contributed by atoms with Gasteiger partial charge >= 0.3 is 5.97 Å². The molecule has 78 valence electrons. The van der Waals surface area contributed by atoms with E-state index >= 15 is 0 Å². The van der Waals surface area contributed by atoms with Crippen LogP contribution in [0.5, 0.6) is 0 Å². The number of hydrogen-bond donors (Lipinski definition) is 0. The minimum atomic E-state index is -0.184. The molecule has 0 atom stereocenters. The van der Waals surface area contributed by atoms with Gasteiger partial charge in [0, 0.05) is 7.05 Å². The monoisotopic (exact) mass is 214 g/mol. The Labute approximate surface area is 87.6 Å². The van der Waals surface area contributed by atoms with Crippen molar-refractivity contribution in [2.75, 3.05) is 12.4 Å². The molecule has 1 aromatic rings. The summed E-state index contributed by atoms with van der Waals surface area (Å²) in [7, 11) is 1.86. The van der Waals surface area contributed by atoms with Crippen molar-refractivity contribution < 1.29 is 9.53 Å². The fourth-order valence-corrected chi connectivity index (χ4v) is 1.89. The summed E-state index contributed by atoms with van der Waals surface area (Å²) in [5, 5.41) is 5.16. The van der Waals surface area contributed by atoms with Crippen LogP contribution in [0, 0.1) is 6.92 Å². The lowest BCUT2D eigenvalue weighted by Crippen LogP contribution is -2.07. The smallest absolute Gasteiger partial charge is 0.316 e. The molecule has 0 spiro atoms. The molecule has 0 saturated carbocycles. The number of aryl methyl sites for hydroxylation is 2. The van der Waals surface area contributed by atoms with Crippen molar-refractivity contribution >= 4 is 17.7 Å². The van der Waals surface area contributed by atoms with Gasteiger partial charge in [-0.1, -0.05) is 11.8 Å². The first kappa shape index (κ1) is 11.1. The van der Waals surface area contributed by atoms with Crippen molar-refractivity contribution in [1.82, 2.24) is 9.78 Å². The van der Waals surface area contributed by atoms with Gasteiger partial charge in [-0.25, -0.2) is 0 Å². The lowest BCUT2D eigenvalue weighted by molar-refractivity contribution is -0.139. The molecular weight excluding hydrogens is 200 g/mol. The van der Waals surface area contributed by atoms with Crippen molar-refractivity contribution in [3.63, 3.8) is 0 Å². The lowest BCUT2D eigenvalue weighted by Gasteiger charge is -2.01. The summed E-state index contributed by atoms with van der Waals surface area (Å²) < 4.78 is 6.58. The van der Waals surface area contributed by atoms with Gasteiger partial charge in [0.1, 0.15) is 0 Å². The molecule has 0 saturated heterocycles. The molecule has 0 aliphatic rings. The van der Waals surface area contributed by atoms with Crippen LogP contribution in [-0.4, -0.2) is 28.1 Å². The van der Waals surface area contributed by atoms with Crippen molar-refractivity contribution in [3.05, 3.63) is 11.8 Å². The van der Waals surface area contributed by atoms with Crippen LogP contribution in [0.4, 0.5) is 0 Å². The van der Waals surface area contributed by atoms with Gasteiger partial charge in [-0.15, -0.1) is 0 Å². The van der Waals surface area contributed by atoms with Gasteiger partial charge in [-0.2, -0.15) is 5.10 Å². The second-order valence-corrected chi connectivity index (χ2v) is 3.84. The summed E-state index contributed by atoms with van der Waals surface area (Å²) in [4.78, 5) is 11.1. The maximum absolute atomic E-state index is 11.1. The van der Waals surface area contributed by atoms with Crippen molar-refractivity contribution in [1.29, 1.82) is 0 Å². The zero-order valence-corrected chi connectivity index (χ0v) is 9.43. The molecule has 5 heteroatoms. The number of nitrogens with zero attached hydrogens (tertiary/aromatic N) is 2. The second kappa shape index (κ2) is 5.05. The Balaban J connectivity index is 2.45. The van der Waals surface area contributed by atoms with E-state index < -0.39 is 0 Å². The molecule has 0 aliphatic heterocycles. The predicted molar refractivity (Wildman–Crippen MR) is 55.3 cm³/mol. The van der Waals surface area contributed by atoms with E-state index in [2.05, 4.69) is 5.10 Å². The van der Waals surface area contributed by atoms with E-state index in [0.29, 0.717) is 12.4 Å². The molecule has 0 radical (unpaired) electrons. The molecule has 0 aliphatic carbocycles. The third kappa shape index (κ3) is 3.06. The Bertz CT molecular complexity index is 323. The lowest BCUT2D eigenvalue weighted by atomic mass is 10.5.